The van der Waals surface area contributed by atoms with Gasteiger partial charge in [-0.15, -0.1) is 11.3 Å². The van der Waals surface area contributed by atoms with Crippen LogP contribution in [0, 0.1) is 0 Å². The highest BCUT2D eigenvalue weighted by Crippen LogP contribution is 2.35. The number of carbonyl (C=O) groups excluding carboxylic acids is 1. The summed E-state index contributed by atoms with van der Waals surface area (Å²) in [6, 6.07) is 2.59. The smallest absolute Gasteiger partial charge is 0.174 e. The Balaban J connectivity index is 2.09. The molecule has 1 atom stereocenters. The average Bonchev–Trinajstić information content (AvgIpc) is 3.06. The molecule has 2 N–H and O–H groups in total. The van der Waals surface area contributed by atoms with Crippen molar-refractivity contribution < 1.29 is 4.79 Å². The topological polar surface area (TPSA) is 49.6 Å². The number of Topliss-reactive ketones (excluding diaryl/α,β-unsaturated/α-hetero) is 1. The second kappa shape index (κ2) is 6.59. The fourth-order valence-corrected chi connectivity index (χ4v) is 4.03. The van der Waals surface area contributed by atoms with E-state index in [0.29, 0.717) is 18.2 Å². The normalized spacial score (nSPS) is 19.0. The average molecular weight is 295 g/mol. The lowest BCUT2D eigenvalue weighted by molar-refractivity contribution is 0.0993. The lowest BCUT2D eigenvalue weighted by Crippen LogP contribution is -2.37. The second-order valence-corrected chi connectivity index (χ2v) is 6.29. The first kappa shape index (κ1) is 15.3. The highest BCUT2D eigenvalue weighted by atomic mass is 32.1. The minimum absolute atomic E-state index is 0.151. The predicted octanol–water partition coefficient (Wildman–Crippen LogP) is 2.84. The third-order valence-electron chi connectivity index (χ3n) is 4.13. The quantitative estimate of drug-likeness (QED) is 0.820. The van der Waals surface area contributed by atoms with Crippen molar-refractivity contribution in [3.05, 3.63) is 10.9 Å². The highest BCUT2D eigenvalue weighted by Gasteiger charge is 2.28. The van der Waals surface area contributed by atoms with Gasteiger partial charge in [0.1, 0.15) is 0 Å². The van der Waals surface area contributed by atoms with Gasteiger partial charge in [-0.25, -0.2) is 0 Å². The zero-order valence-electron chi connectivity index (χ0n) is 12.7. The van der Waals surface area contributed by atoms with Gasteiger partial charge in [-0.05, 0) is 25.6 Å². The van der Waals surface area contributed by atoms with E-state index >= 15 is 0 Å². The molecule has 0 aromatic carbocycles. The van der Waals surface area contributed by atoms with Crippen molar-refractivity contribution in [2.45, 2.75) is 39.7 Å². The van der Waals surface area contributed by atoms with E-state index in [9.17, 15) is 4.79 Å². The van der Waals surface area contributed by atoms with Crippen LogP contribution in [0.15, 0.2) is 6.07 Å². The number of anilines is 2. The van der Waals surface area contributed by atoms with Crippen molar-refractivity contribution in [3.8, 4) is 0 Å². The molecule has 2 rings (SSSR count). The summed E-state index contributed by atoms with van der Waals surface area (Å²) in [5.74, 6) is 0.151. The van der Waals surface area contributed by atoms with Gasteiger partial charge < -0.3 is 10.6 Å². The molecule has 0 amide bonds. The third-order valence-corrected chi connectivity index (χ3v) is 5.38. The Morgan fingerprint density at radius 1 is 1.45 bits per heavy atom. The summed E-state index contributed by atoms with van der Waals surface area (Å²) in [5.41, 5.74) is 6.63. The van der Waals surface area contributed by atoms with Gasteiger partial charge in [0.15, 0.2) is 5.78 Å². The molecule has 1 fully saturated rings. The van der Waals surface area contributed by atoms with E-state index in [1.54, 1.807) is 11.3 Å². The van der Waals surface area contributed by atoms with Gasteiger partial charge in [0.2, 0.25) is 0 Å². The van der Waals surface area contributed by atoms with Gasteiger partial charge in [0, 0.05) is 25.6 Å². The van der Waals surface area contributed by atoms with E-state index in [1.807, 2.05) is 13.0 Å². The third kappa shape index (κ3) is 2.99. The summed E-state index contributed by atoms with van der Waals surface area (Å²) < 4.78 is 0. The molecule has 1 aliphatic rings. The first-order chi connectivity index (χ1) is 9.60. The highest BCUT2D eigenvalue weighted by molar-refractivity contribution is 7.18. The summed E-state index contributed by atoms with van der Waals surface area (Å²) in [6.07, 6.45) is 1.71. The number of nitrogens with zero attached hydrogens (tertiary/aromatic N) is 2. The molecule has 20 heavy (non-hydrogen) atoms. The van der Waals surface area contributed by atoms with Crippen LogP contribution < -0.4 is 10.6 Å². The van der Waals surface area contributed by atoms with Crippen molar-refractivity contribution in [1.82, 2.24) is 4.90 Å². The van der Waals surface area contributed by atoms with Gasteiger partial charge in [-0.3, -0.25) is 9.69 Å². The molecular weight excluding hydrogens is 270 g/mol. The SMILES string of the molecule is CCC(=O)c1sc(N2CCC(N(CC)CC)C2)cc1N. The van der Waals surface area contributed by atoms with Gasteiger partial charge in [0.25, 0.3) is 0 Å². The molecule has 0 radical (unpaired) electrons. The van der Waals surface area contributed by atoms with Crippen LogP contribution in [0.4, 0.5) is 10.7 Å². The molecule has 4 nitrogen and oxygen atoms in total. The molecule has 1 aromatic heterocycles. The van der Waals surface area contributed by atoms with Crippen LogP contribution in [0.5, 0.6) is 0 Å². The number of thiophene rings is 1. The van der Waals surface area contributed by atoms with E-state index in [-0.39, 0.29) is 5.78 Å². The number of likely N-dealkylation sites (N-methyl/N-ethyl adjacent to an activating group) is 1. The van der Waals surface area contributed by atoms with Gasteiger partial charge in [-0.2, -0.15) is 0 Å². The molecule has 112 valence electrons. The Hall–Kier alpha value is -1.07. The maximum Gasteiger partial charge on any atom is 0.174 e. The van der Waals surface area contributed by atoms with Crippen LogP contribution in [0.1, 0.15) is 43.3 Å². The second-order valence-electron chi connectivity index (χ2n) is 5.26. The van der Waals surface area contributed by atoms with Gasteiger partial charge in [-0.1, -0.05) is 20.8 Å². The standard InChI is InChI=1S/C15H25N3OS/c1-4-13(19)15-12(16)9-14(20-15)18-8-7-11(10-18)17(5-2)6-3/h9,11H,4-8,10,16H2,1-3H3. The lowest BCUT2D eigenvalue weighted by atomic mass is 10.2. The van der Waals surface area contributed by atoms with Crippen molar-refractivity contribution in [1.29, 1.82) is 0 Å². The molecule has 0 saturated carbocycles. The van der Waals surface area contributed by atoms with Crippen molar-refractivity contribution in [2.24, 2.45) is 0 Å². The Morgan fingerprint density at radius 2 is 2.15 bits per heavy atom. The van der Waals surface area contributed by atoms with Crippen molar-refractivity contribution >= 4 is 27.8 Å². The first-order valence-electron chi connectivity index (χ1n) is 7.52. The lowest BCUT2D eigenvalue weighted by Gasteiger charge is -2.26. The number of ketones is 1. The molecule has 1 aromatic rings. The Bertz CT molecular complexity index is 468. The number of hydrogen-bond acceptors (Lipinski definition) is 5. The summed E-state index contributed by atoms with van der Waals surface area (Å²) in [6.45, 7) is 10.6. The molecule has 5 heteroatoms. The summed E-state index contributed by atoms with van der Waals surface area (Å²) in [7, 11) is 0. The Morgan fingerprint density at radius 3 is 2.75 bits per heavy atom. The van der Waals surface area contributed by atoms with Crippen LogP contribution in [-0.2, 0) is 0 Å². The Kier molecular flexibility index (Phi) is 5.05. The van der Waals surface area contributed by atoms with E-state index in [0.717, 1.165) is 36.1 Å². The minimum atomic E-state index is 0.151. The molecule has 0 bridgehead atoms. The fourth-order valence-electron chi connectivity index (χ4n) is 2.91. The number of carbonyl (C=O) groups is 1. The van der Waals surface area contributed by atoms with Gasteiger partial charge >= 0.3 is 0 Å². The van der Waals surface area contributed by atoms with Crippen LogP contribution in [0.2, 0.25) is 0 Å². The summed E-state index contributed by atoms with van der Waals surface area (Å²) >= 11 is 1.55. The Labute approximate surface area is 125 Å². The first-order valence-corrected chi connectivity index (χ1v) is 8.33. The zero-order valence-corrected chi connectivity index (χ0v) is 13.5. The largest absolute Gasteiger partial charge is 0.397 e. The van der Waals surface area contributed by atoms with E-state index in [2.05, 4.69) is 23.6 Å². The summed E-state index contributed by atoms with van der Waals surface area (Å²) in [5, 5.41) is 1.15. The molecular formula is C15H25N3OS. The number of rotatable bonds is 6. The zero-order chi connectivity index (χ0) is 14.7. The molecule has 0 aliphatic carbocycles. The fraction of sp³-hybridized carbons (Fsp3) is 0.667. The van der Waals surface area contributed by atoms with Crippen LogP contribution in [0.3, 0.4) is 0 Å². The molecule has 1 unspecified atom stereocenters. The summed E-state index contributed by atoms with van der Waals surface area (Å²) in [4.78, 5) is 17.4. The van der Waals surface area contributed by atoms with Crippen LogP contribution in [0.25, 0.3) is 0 Å². The van der Waals surface area contributed by atoms with Crippen molar-refractivity contribution in [3.63, 3.8) is 0 Å². The molecule has 1 saturated heterocycles. The molecule has 2 heterocycles. The predicted molar refractivity (Wildman–Crippen MR) is 86.9 cm³/mol. The van der Waals surface area contributed by atoms with Gasteiger partial charge in [0.05, 0.1) is 15.6 Å². The maximum absolute atomic E-state index is 11.8. The monoisotopic (exact) mass is 295 g/mol. The number of nitrogen functional groups attached to an aromatic ring is 1. The molecule has 1 aliphatic heterocycles. The minimum Gasteiger partial charge on any atom is -0.397 e. The maximum atomic E-state index is 11.8. The number of nitrogens with two attached hydrogens (primary N) is 1. The molecule has 0 spiro atoms. The van der Waals surface area contributed by atoms with E-state index in [1.165, 1.54) is 6.42 Å². The van der Waals surface area contributed by atoms with Crippen LogP contribution >= 0.6 is 11.3 Å². The van der Waals surface area contributed by atoms with E-state index in [4.69, 9.17) is 5.73 Å². The van der Waals surface area contributed by atoms with Crippen molar-refractivity contribution in [2.75, 3.05) is 36.8 Å². The van der Waals surface area contributed by atoms with E-state index < -0.39 is 0 Å². The van der Waals surface area contributed by atoms with Crippen LogP contribution in [-0.4, -0.2) is 42.9 Å². The number of hydrogen-bond donors (Lipinski definition) is 1.